The Labute approximate surface area is 119 Å². The van der Waals surface area contributed by atoms with E-state index in [1.165, 1.54) is 12.8 Å². The zero-order valence-electron chi connectivity index (χ0n) is 11.8. The van der Waals surface area contributed by atoms with Gasteiger partial charge in [0.05, 0.1) is 17.2 Å². The molecule has 1 saturated carbocycles. The van der Waals surface area contributed by atoms with Gasteiger partial charge >= 0.3 is 0 Å². The lowest BCUT2D eigenvalue weighted by atomic mass is 9.86. The van der Waals surface area contributed by atoms with Crippen LogP contribution < -0.4 is 11.3 Å². The van der Waals surface area contributed by atoms with E-state index in [0.29, 0.717) is 0 Å². The second-order valence-corrected chi connectivity index (χ2v) is 5.53. The van der Waals surface area contributed by atoms with E-state index in [9.17, 15) is 0 Å². The minimum absolute atomic E-state index is 0.0135. The van der Waals surface area contributed by atoms with E-state index >= 15 is 0 Å². The lowest BCUT2D eigenvalue weighted by Gasteiger charge is -2.36. The van der Waals surface area contributed by atoms with Gasteiger partial charge in [-0.25, -0.2) is 0 Å². The summed E-state index contributed by atoms with van der Waals surface area (Å²) in [7, 11) is 1.79. The summed E-state index contributed by atoms with van der Waals surface area (Å²) in [6.07, 6.45) is 6.30. The molecule has 1 aliphatic carbocycles. The van der Waals surface area contributed by atoms with Gasteiger partial charge in [-0.15, -0.1) is 0 Å². The number of fused-ring (bicyclic) bond motifs is 1. The Hall–Kier alpha value is -1.49. The van der Waals surface area contributed by atoms with Crippen LogP contribution in [0.1, 0.15) is 37.3 Å². The van der Waals surface area contributed by atoms with Gasteiger partial charge in [0.2, 0.25) is 0 Å². The molecule has 20 heavy (non-hydrogen) atoms. The molecule has 106 valence electrons. The minimum atomic E-state index is -0.190. The molecule has 0 bridgehead atoms. The smallest absolute Gasteiger partial charge is 0.0885 e. The molecule has 0 aliphatic heterocycles. The van der Waals surface area contributed by atoms with E-state index in [1.807, 2.05) is 18.3 Å². The van der Waals surface area contributed by atoms with Crippen molar-refractivity contribution in [2.45, 2.75) is 37.3 Å². The third kappa shape index (κ3) is 2.20. The number of hydrazine groups is 1. The summed E-state index contributed by atoms with van der Waals surface area (Å²) in [4.78, 5) is 4.36. The van der Waals surface area contributed by atoms with Crippen molar-refractivity contribution in [2.24, 2.45) is 5.84 Å². The second-order valence-electron chi connectivity index (χ2n) is 5.53. The van der Waals surface area contributed by atoms with E-state index in [0.717, 1.165) is 29.3 Å². The van der Waals surface area contributed by atoms with Crippen LogP contribution in [0, 0.1) is 0 Å². The first-order valence-electron chi connectivity index (χ1n) is 7.15. The van der Waals surface area contributed by atoms with E-state index in [4.69, 9.17) is 10.6 Å². The maximum Gasteiger partial charge on any atom is 0.0885 e. The first kappa shape index (κ1) is 13.5. The van der Waals surface area contributed by atoms with Gasteiger partial charge in [0.15, 0.2) is 0 Å². The van der Waals surface area contributed by atoms with Gasteiger partial charge in [0.25, 0.3) is 0 Å². The fourth-order valence-electron chi connectivity index (χ4n) is 3.41. The Bertz CT molecular complexity index is 593. The third-order valence-electron chi connectivity index (χ3n) is 4.51. The highest BCUT2D eigenvalue weighted by atomic mass is 16.5. The number of pyridine rings is 1. The van der Waals surface area contributed by atoms with Gasteiger partial charge in [-0.1, -0.05) is 25.0 Å². The largest absolute Gasteiger partial charge is 0.376 e. The molecule has 0 amide bonds. The molecule has 1 heterocycles. The SMILES string of the molecule is COC1(C(NN)c2ccc3ncccc3c2)CCCC1. The lowest BCUT2D eigenvalue weighted by Crippen LogP contribution is -2.46. The summed E-state index contributed by atoms with van der Waals surface area (Å²) in [5.74, 6) is 5.84. The molecule has 1 unspecified atom stereocenters. The van der Waals surface area contributed by atoms with Gasteiger partial charge in [0, 0.05) is 18.7 Å². The van der Waals surface area contributed by atoms with Gasteiger partial charge < -0.3 is 4.74 Å². The minimum Gasteiger partial charge on any atom is -0.376 e. The molecule has 1 aliphatic rings. The summed E-state index contributed by atoms with van der Waals surface area (Å²) in [6, 6.07) is 10.4. The average molecular weight is 271 g/mol. The van der Waals surface area contributed by atoms with E-state index < -0.39 is 0 Å². The van der Waals surface area contributed by atoms with Crippen molar-refractivity contribution in [2.75, 3.05) is 7.11 Å². The second kappa shape index (κ2) is 5.48. The third-order valence-corrected chi connectivity index (χ3v) is 4.51. The number of methoxy groups -OCH3 is 1. The number of aromatic nitrogens is 1. The summed E-state index contributed by atoms with van der Waals surface area (Å²) in [6.45, 7) is 0. The molecule has 4 nitrogen and oxygen atoms in total. The fourth-order valence-corrected chi connectivity index (χ4v) is 3.41. The monoisotopic (exact) mass is 271 g/mol. The van der Waals surface area contributed by atoms with Crippen molar-refractivity contribution in [1.82, 2.24) is 10.4 Å². The summed E-state index contributed by atoms with van der Waals surface area (Å²) >= 11 is 0. The Morgan fingerprint density at radius 1 is 1.30 bits per heavy atom. The van der Waals surface area contributed by atoms with Crippen molar-refractivity contribution in [3.05, 3.63) is 42.1 Å². The molecule has 1 atom stereocenters. The van der Waals surface area contributed by atoms with Crippen LogP contribution in [0.25, 0.3) is 10.9 Å². The Balaban J connectivity index is 2.02. The highest BCUT2D eigenvalue weighted by Gasteiger charge is 2.42. The Morgan fingerprint density at radius 2 is 2.10 bits per heavy atom. The number of nitrogens with two attached hydrogens (primary N) is 1. The molecule has 2 aromatic rings. The first-order chi connectivity index (χ1) is 9.79. The Morgan fingerprint density at radius 3 is 2.80 bits per heavy atom. The van der Waals surface area contributed by atoms with Gasteiger partial charge in [-0.05, 0) is 36.6 Å². The number of rotatable bonds is 4. The summed E-state index contributed by atoms with van der Waals surface area (Å²) < 4.78 is 5.86. The molecule has 0 spiro atoms. The molecule has 3 N–H and O–H groups in total. The van der Waals surface area contributed by atoms with Crippen molar-refractivity contribution in [3.8, 4) is 0 Å². The molecular weight excluding hydrogens is 250 g/mol. The zero-order chi connectivity index (χ0) is 14.0. The van der Waals surface area contributed by atoms with Crippen molar-refractivity contribution < 1.29 is 4.74 Å². The van der Waals surface area contributed by atoms with Crippen LogP contribution in [0.5, 0.6) is 0 Å². The maximum absolute atomic E-state index is 5.86. The van der Waals surface area contributed by atoms with Crippen LogP contribution in [-0.4, -0.2) is 17.7 Å². The van der Waals surface area contributed by atoms with Crippen molar-refractivity contribution in [1.29, 1.82) is 0 Å². The van der Waals surface area contributed by atoms with Crippen molar-refractivity contribution >= 4 is 10.9 Å². The zero-order valence-corrected chi connectivity index (χ0v) is 11.8. The first-order valence-corrected chi connectivity index (χ1v) is 7.15. The highest BCUT2D eigenvalue weighted by Crippen LogP contribution is 2.42. The molecule has 4 heteroatoms. The topological polar surface area (TPSA) is 60.2 Å². The fraction of sp³-hybridized carbons (Fsp3) is 0.438. The molecule has 1 aromatic carbocycles. The molecule has 0 radical (unpaired) electrons. The molecule has 1 aromatic heterocycles. The lowest BCUT2D eigenvalue weighted by molar-refractivity contribution is -0.0368. The number of nitrogens with zero attached hydrogens (tertiary/aromatic N) is 1. The van der Waals surface area contributed by atoms with Crippen LogP contribution >= 0.6 is 0 Å². The van der Waals surface area contributed by atoms with Crippen molar-refractivity contribution in [3.63, 3.8) is 0 Å². The summed E-state index contributed by atoms with van der Waals surface area (Å²) in [5.41, 5.74) is 4.95. The maximum atomic E-state index is 5.86. The van der Waals surface area contributed by atoms with E-state index in [2.05, 4.69) is 28.6 Å². The molecular formula is C16H21N3O. The number of hydrogen-bond donors (Lipinski definition) is 2. The standard InChI is InChI=1S/C16H21N3O/c1-20-16(8-2-3-9-16)15(19-17)13-6-7-14-12(11-13)5-4-10-18-14/h4-7,10-11,15,19H,2-3,8-9,17H2,1H3. The highest BCUT2D eigenvalue weighted by molar-refractivity contribution is 5.79. The Kier molecular flexibility index (Phi) is 3.70. The van der Waals surface area contributed by atoms with E-state index in [1.54, 1.807) is 7.11 Å². The molecule has 0 saturated heterocycles. The molecule has 1 fully saturated rings. The van der Waals surface area contributed by atoms with Gasteiger partial charge in [-0.3, -0.25) is 16.3 Å². The quantitative estimate of drug-likeness (QED) is 0.663. The van der Waals surface area contributed by atoms with Gasteiger partial charge in [0.1, 0.15) is 0 Å². The van der Waals surface area contributed by atoms with Gasteiger partial charge in [-0.2, -0.15) is 0 Å². The number of hydrogen-bond acceptors (Lipinski definition) is 4. The molecule has 3 rings (SSSR count). The normalized spacial score (nSPS) is 19.3. The van der Waals surface area contributed by atoms with Crippen LogP contribution in [0.15, 0.2) is 36.5 Å². The predicted octanol–water partition coefficient (Wildman–Crippen LogP) is 2.70. The van der Waals surface area contributed by atoms with E-state index in [-0.39, 0.29) is 11.6 Å². The number of benzene rings is 1. The van der Waals surface area contributed by atoms with Crippen LogP contribution in [0.4, 0.5) is 0 Å². The van der Waals surface area contributed by atoms with Crippen LogP contribution in [0.2, 0.25) is 0 Å². The number of ether oxygens (including phenoxy) is 1. The average Bonchev–Trinajstić information content (AvgIpc) is 2.98. The van der Waals surface area contributed by atoms with Crippen LogP contribution in [0.3, 0.4) is 0 Å². The summed E-state index contributed by atoms with van der Waals surface area (Å²) in [5, 5.41) is 1.13. The van der Waals surface area contributed by atoms with Crippen LogP contribution in [-0.2, 0) is 4.74 Å². The predicted molar refractivity (Wildman–Crippen MR) is 80.0 cm³/mol. The number of nitrogens with one attached hydrogen (secondary N) is 1.